The van der Waals surface area contributed by atoms with Gasteiger partial charge in [0.1, 0.15) is 5.82 Å². The first kappa shape index (κ1) is 25.8. The molecule has 12 heteroatoms. The van der Waals surface area contributed by atoms with Gasteiger partial charge in [-0.05, 0) is 57.4 Å². The monoisotopic (exact) mass is 513 g/mol. The average molecular weight is 513 g/mol. The van der Waals surface area contributed by atoms with Gasteiger partial charge in [-0.15, -0.1) is 0 Å². The maximum atomic E-state index is 14.0. The van der Waals surface area contributed by atoms with Crippen molar-refractivity contribution in [1.29, 1.82) is 0 Å². The van der Waals surface area contributed by atoms with E-state index in [1.165, 1.54) is 12.1 Å². The smallest absolute Gasteiger partial charge is 0.449 e. The quantitative estimate of drug-likeness (QED) is 0.586. The van der Waals surface area contributed by atoms with E-state index in [0.717, 1.165) is 11.0 Å². The van der Waals surface area contributed by atoms with Crippen LogP contribution in [0.25, 0.3) is 0 Å². The summed E-state index contributed by atoms with van der Waals surface area (Å²) >= 11 is 0. The number of nitrogens with one attached hydrogen (secondary N) is 1. The molecule has 0 aliphatic carbocycles. The average Bonchev–Trinajstić information content (AvgIpc) is 3.00. The minimum atomic E-state index is -5.37. The van der Waals surface area contributed by atoms with E-state index in [1.54, 1.807) is 19.9 Å². The predicted octanol–water partition coefficient (Wildman–Crippen LogP) is 4.71. The number of pyridine rings is 1. The van der Waals surface area contributed by atoms with E-state index in [4.69, 9.17) is 4.74 Å². The third-order valence-corrected chi connectivity index (χ3v) is 6.45. The van der Waals surface area contributed by atoms with Gasteiger partial charge in [-0.2, -0.15) is 17.6 Å². The highest BCUT2D eigenvalue weighted by Crippen LogP contribution is 2.46. The second-order valence-corrected chi connectivity index (χ2v) is 9.57. The first-order chi connectivity index (χ1) is 16.7. The van der Waals surface area contributed by atoms with Gasteiger partial charge in [0, 0.05) is 30.4 Å². The van der Waals surface area contributed by atoms with Crippen LogP contribution in [0.15, 0.2) is 30.5 Å². The minimum absolute atomic E-state index is 0.260. The van der Waals surface area contributed by atoms with Gasteiger partial charge in [0.25, 0.3) is 5.91 Å². The number of carbonyl (C=O) groups is 2. The Morgan fingerprint density at radius 2 is 1.86 bits per heavy atom. The van der Waals surface area contributed by atoms with Crippen molar-refractivity contribution < 1.29 is 41.0 Å². The number of anilines is 2. The molecule has 0 radical (unpaired) electrons. The summed E-state index contributed by atoms with van der Waals surface area (Å²) in [4.78, 5) is 31.2. The van der Waals surface area contributed by atoms with Crippen LogP contribution in [0.4, 0.5) is 33.5 Å². The van der Waals surface area contributed by atoms with Crippen LogP contribution < -0.4 is 15.0 Å². The molecule has 194 valence electrons. The van der Waals surface area contributed by atoms with Crippen molar-refractivity contribution in [3.8, 4) is 5.75 Å². The van der Waals surface area contributed by atoms with Gasteiger partial charge in [0.15, 0.2) is 11.6 Å². The van der Waals surface area contributed by atoms with Crippen LogP contribution in [-0.4, -0.2) is 48.1 Å². The van der Waals surface area contributed by atoms with Gasteiger partial charge in [0.2, 0.25) is 5.91 Å². The van der Waals surface area contributed by atoms with Gasteiger partial charge in [-0.25, -0.2) is 9.37 Å². The van der Waals surface area contributed by atoms with Gasteiger partial charge < -0.3 is 14.8 Å². The van der Waals surface area contributed by atoms with Crippen molar-refractivity contribution in [2.24, 2.45) is 0 Å². The van der Waals surface area contributed by atoms with Crippen LogP contribution in [-0.2, 0) is 14.9 Å². The summed E-state index contributed by atoms with van der Waals surface area (Å²) in [7, 11) is 0. The van der Waals surface area contributed by atoms with E-state index in [0.29, 0.717) is 49.1 Å². The highest BCUT2D eigenvalue weighted by molar-refractivity contribution is 6.12. The summed E-state index contributed by atoms with van der Waals surface area (Å²) < 4.78 is 74.6. The number of nitrogens with zero attached hydrogens (tertiary/aromatic N) is 2. The zero-order valence-corrected chi connectivity index (χ0v) is 19.7. The number of alkyl halides is 4. The lowest BCUT2D eigenvalue weighted by atomic mass is 9.85. The molecule has 0 saturated carbocycles. The fourth-order valence-corrected chi connectivity index (χ4v) is 4.20. The van der Waals surface area contributed by atoms with Crippen molar-refractivity contribution in [1.82, 2.24) is 10.3 Å². The lowest BCUT2D eigenvalue weighted by Gasteiger charge is -2.34. The number of amides is 2. The molecule has 2 aliphatic rings. The SMILES string of the molecule is CC1(NC(=O)c2ccc3c(c2)C(C)(C)C(=O)N3c2cc(OC(F)C(F)(F)F)c(F)cn2)CCOCC1. The Hall–Kier alpha value is -3.28. The van der Waals surface area contributed by atoms with E-state index in [1.807, 2.05) is 6.92 Å². The van der Waals surface area contributed by atoms with Crippen LogP contribution in [0.2, 0.25) is 0 Å². The first-order valence-corrected chi connectivity index (χ1v) is 11.2. The van der Waals surface area contributed by atoms with Crippen LogP contribution in [0.5, 0.6) is 5.75 Å². The van der Waals surface area contributed by atoms with Crippen molar-refractivity contribution >= 4 is 23.3 Å². The van der Waals surface area contributed by atoms with Crippen molar-refractivity contribution in [2.75, 3.05) is 18.1 Å². The molecule has 2 aliphatic heterocycles. The number of benzene rings is 1. The zero-order chi connectivity index (χ0) is 26.5. The Balaban J connectivity index is 1.66. The lowest BCUT2D eigenvalue weighted by Crippen LogP contribution is -2.49. The molecule has 4 rings (SSSR count). The fourth-order valence-electron chi connectivity index (χ4n) is 4.20. The molecule has 1 aromatic heterocycles. The molecule has 1 unspecified atom stereocenters. The summed E-state index contributed by atoms with van der Waals surface area (Å²) in [5, 5.41) is 3.01. The third-order valence-electron chi connectivity index (χ3n) is 6.45. The molecule has 0 spiro atoms. The fraction of sp³-hybridized carbons (Fsp3) is 0.458. The molecule has 1 aromatic carbocycles. The Kier molecular flexibility index (Phi) is 6.44. The summed E-state index contributed by atoms with van der Waals surface area (Å²) in [5.41, 5.74) is -0.517. The number of rotatable bonds is 5. The second kappa shape index (κ2) is 8.99. The van der Waals surface area contributed by atoms with E-state index in [9.17, 15) is 31.5 Å². The van der Waals surface area contributed by atoms with Crippen LogP contribution in [0, 0.1) is 5.82 Å². The number of ether oxygens (including phenoxy) is 2. The highest BCUT2D eigenvalue weighted by Gasteiger charge is 2.46. The Morgan fingerprint density at radius 1 is 1.19 bits per heavy atom. The number of aromatic nitrogens is 1. The Labute approximate surface area is 203 Å². The van der Waals surface area contributed by atoms with Crippen LogP contribution in [0.1, 0.15) is 49.5 Å². The highest BCUT2D eigenvalue weighted by atomic mass is 19.4. The van der Waals surface area contributed by atoms with E-state index >= 15 is 0 Å². The van der Waals surface area contributed by atoms with Gasteiger partial charge in [0.05, 0.1) is 17.3 Å². The number of halogens is 5. The molecule has 0 bridgehead atoms. The van der Waals surface area contributed by atoms with Crippen LogP contribution in [0.3, 0.4) is 0 Å². The maximum absolute atomic E-state index is 14.0. The van der Waals surface area contributed by atoms with Crippen LogP contribution >= 0.6 is 0 Å². The molecule has 1 saturated heterocycles. The summed E-state index contributed by atoms with van der Waals surface area (Å²) in [6, 6.07) is 5.29. The Morgan fingerprint density at radius 3 is 2.50 bits per heavy atom. The zero-order valence-electron chi connectivity index (χ0n) is 19.7. The molecule has 1 fully saturated rings. The van der Waals surface area contributed by atoms with Gasteiger partial charge in [-0.3, -0.25) is 14.5 Å². The number of fused-ring (bicyclic) bond motifs is 1. The van der Waals surface area contributed by atoms with Gasteiger partial charge >= 0.3 is 12.5 Å². The molecule has 2 aromatic rings. The van der Waals surface area contributed by atoms with Crippen molar-refractivity contribution in [3.63, 3.8) is 0 Å². The first-order valence-electron chi connectivity index (χ1n) is 11.2. The number of hydrogen-bond donors (Lipinski definition) is 1. The van der Waals surface area contributed by atoms with E-state index in [-0.39, 0.29) is 11.7 Å². The normalized spacial score (nSPS) is 19.6. The van der Waals surface area contributed by atoms with E-state index in [2.05, 4.69) is 15.0 Å². The Bertz CT molecular complexity index is 1190. The topological polar surface area (TPSA) is 80.8 Å². The standard InChI is InChI=1S/C24H24F5N3O4/c1-22(2)14-10-13(19(33)31-23(3)6-8-35-9-7-23)4-5-16(14)32(21(22)34)18-11-17(15(25)12-30-18)36-20(26)24(27,28)29/h4-5,10-12,20H,6-9H2,1-3H3,(H,31,33). The molecule has 1 N–H and O–H groups in total. The molecule has 36 heavy (non-hydrogen) atoms. The van der Waals surface area contributed by atoms with Crippen molar-refractivity contribution in [2.45, 2.75) is 57.1 Å². The molecule has 7 nitrogen and oxygen atoms in total. The minimum Gasteiger partial charge on any atom is -0.449 e. The number of carbonyl (C=O) groups excluding carboxylic acids is 2. The molecular weight excluding hydrogens is 489 g/mol. The third kappa shape index (κ3) is 4.73. The molecular formula is C24H24F5N3O4. The van der Waals surface area contributed by atoms with Crippen molar-refractivity contribution in [3.05, 3.63) is 47.4 Å². The molecule has 1 atom stereocenters. The predicted molar refractivity (Wildman–Crippen MR) is 118 cm³/mol. The molecule has 3 heterocycles. The summed E-state index contributed by atoms with van der Waals surface area (Å²) in [6.45, 7) is 6.20. The summed E-state index contributed by atoms with van der Waals surface area (Å²) in [6.07, 6.45) is -7.29. The molecule has 2 amide bonds. The van der Waals surface area contributed by atoms with E-state index < -0.39 is 41.0 Å². The number of hydrogen-bond acceptors (Lipinski definition) is 5. The largest absolute Gasteiger partial charge is 0.457 e. The lowest BCUT2D eigenvalue weighted by molar-refractivity contribution is -0.237. The van der Waals surface area contributed by atoms with Gasteiger partial charge in [-0.1, -0.05) is 0 Å². The summed E-state index contributed by atoms with van der Waals surface area (Å²) in [5.74, 6) is -3.50. The second-order valence-electron chi connectivity index (χ2n) is 9.57. The maximum Gasteiger partial charge on any atom is 0.457 e.